The average Bonchev–Trinajstić information content (AvgIpc) is 2.57. The van der Waals surface area contributed by atoms with Crippen molar-refractivity contribution in [2.45, 2.75) is 20.0 Å². The van der Waals surface area contributed by atoms with Gasteiger partial charge < -0.3 is 15.5 Å². The highest BCUT2D eigenvalue weighted by Crippen LogP contribution is 2.30. The van der Waals surface area contributed by atoms with E-state index in [0.717, 1.165) is 16.7 Å². The Morgan fingerprint density at radius 3 is 2.79 bits per heavy atom. The molecule has 0 saturated heterocycles. The second kappa shape index (κ2) is 3.25. The smallest absolute Gasteiger partial charge is 0.143 e. The molecule has 0 atom stereocenters. The van der Waals surface area contributed by atoms with Crippen LogP contribution in [0.5, 0.6) is 5.75 Å². The van der Waals surface area contributed by atoms with Gasteiger partial charge in [-0.3, -0.25) is 0 Å². The second-order valence-electron chi connectivity index (χ2n) is 3.58. The van der Waals surface area contributed by atoms with E-state index in [0.29, 0.717) is 5.69 Å². The van der Waals surface area contributed by atoms with Crippen LogP contribution in [0.1, 0.15) is 13.8 Å². The highest BCUT2D eigenvalue weighted by molar-refractivity contribution is 5.93. The van der Waals surface area contributed by atoms with Crippen LogP contribution in [0.4, 0.5) is 5.69 Å². The van der Waals surface area contributed by atoms with Crippen LogP contribution in [0, 0.1) is 0 Å². The number of nitrogens with two attached hydrogens (primary N) is 1. The molecule has 0 aliphatic rings. The number of fused-ring (bicyclic) bond motifs is 1. The van der Waals surface area contributed by atoms with Gasteiger partial charge in [0.1, 0.15) is 5.75 Å². The lowest BCUT2D eigenvalue weighted by atomic mass is 10.2. The Morgan fingerprint density at radius 1 is 1.29 bits per heavy atom. The van der Waals surface area contributed by atoms with Gasteiger partial charge in [0.2, 0.25) is 0 Å². The van der Waals surface area contributed by atoms with Gasteiger partial charge in [-0.05, 0) is 32.0 Å². The summed E-state index contributed by atoms with van der Waals surface area (Å²) in [5, 5.41) is 1.02. The maximum Gasteiger partial charge on any atom is 0.143 e. The minimum Gasteiger partial charge on any atom is -0.489 e. The number of aromatic nitrogens is 1. The van der Waals surface area contributed by atoms with Crippen LogP contribution in [-0.4, -0.2) is 11.1 Å². The number of anilines is 1. The number of nitrogens with one attached hydrogen (secondary N) is 1. The predicted octanol–water partition coefficient (Wildman–Crippen LogP) is 2.54. The largest absolute Gasteiger partial charge is 0.489 e. The summed E-state index contributed by atoms with van der Waals surface area (Å²) in [5.41, 5.74) is 7.71. The SMILES string of the molecule is CC(C)Oc1ccc2[nH]ccc2c1N. The Bertz CT molecular complexity index is 445. The topological polar surface area (TPSA) is 51.0 Å². The van der Waals surface area contributed by atoms with E-state index in [2.05, 4.69) is 4.98 Å². The van der Waals surface area contributed by atoms with E-state index in [4.69, 9.17) is 10.5 Å². The molecule has 3 nitrogen and oxygen atoms in total. The van der Waals surface area contributed by atoms with Crippen LogP contribution in [-0.2, 0) is 0 Å². The van der Waals surface area contributed by atoms with Crippen molar-refractivity contribution in [2.75, 3.05) is 5.73 Å². The van der Waals surface area contributed by atoms with E-state index in [1.807, 2.05) is 38.2 Å². The first-order valence-corrected chi connectivity index (χ1v) is 4.70. The monoisotopic (exact) mass is 190 g/mol. The summed E-state index contributed by atoms with van der Waals surface area (Å²) in [7, 11) is 0. The number of rotatable bonds is 2. The van der Waals surface area contributed by atoms with Crippen LogP contribution >= 0.6 is 0 Å². The van der Waals surface area contributed by atoms with Crippen LogP contribution in [0.25, 0.3) is 10.9 Å². The molecular formula is C11H14N2O. The van der Waals surface area contributed by atoms with Gasteiger partial charge in [0.05, 0.1) is 11.8 Å². The number of aromatic amines is 1. The molecule has 0 saturated carbocycles. The van der Waals surface area contributed by atoms with Gasteiger partial charge in [-0.15, -0.1) is 0 Å². The fourth-order valence-electron chi connectivity index (χ4n) is 1.49. The quantitative estimate of drug-likeness (QED) is 0.715. The second-order valence-corrected chi connectivity index (χ2v) is 3.58. The third kappa shape index (κ3) is 1.41. The minimum atomic E-state index is 0.147. The summed E-state index contributed by atoms with van der Waals surface area (Å²) in [6.45, 7) is 3.97. The Balaban J connectivity index is 2.51. The summed E-state index contributed by atoms with van der Waals surface area (Å²) in [4.78, 5) is 3.11. The van der Waals surface area contributed by atoms with Gasteiger partial charge in [0, 0.05) is 17.1 Å². The molecule has 1 aromatic heterocycles. The molecule has 1 aromatic carbocycles. The number of hydrogen-bond acceptors (Lipinski definition) is 2. The van der Waals surface area contributed by atoms with E-state index in [9.17, 15) is 0 Å². The van der Waals surface area contributed by atoms with Crippen molar-refractivity contribution in [1.29, 1.82) is 0 Å². The maximum absolute atomic E-state index is 5.97. The van der Waals surface area contributed by atoms with Crippen LogP contribution in [0.3, 0.4) is 0 Å². The lowest BCUT2D eigenvalue weighted by Crippen LogP contribution is -2.07. The van der Waals surface area contributed by atoms with Gasteiger partial charge in [-0.2, -0.15) is 0 Å². The molecular weight excluding hydrogens is 176 g/mol. The molecule has 3 heteroatoms. The standard InChI is InChI=1S/C11H14N2O/c1-7(2)14-10-4-3-9-8(11(10)12)5-6-13-9/h3-7,13H,12H2,1-2H3. The van der Waals surface area contributed by atoms with Crippen LogP contribution in [0.2, 0.25) is 0 Å². The lowest BCUT2D eigenvalue weighted by molar-refractivity contribution is 0.244. The zero-order chi connectivity index (χ0) is 10.1. The molecule has 1 heterocycles. The van der Waals surface area contributed by atoms with E-state index >= 15 is 0 Å². The fourth-order valence-corrected chi connectivity index (χ4v) is 1.49. The Morgan fingerprint density at radius 2 is 2.07 bits per heavy atom. The molecule has 2 rings (SSSR count). The number of benzene rings is 1. The molecule has 0 amide bonds. The normalized spacial score (nSPS) is 11.1. The zero-order valence-corrected chi connectivity index (χ0v) is 8.37. The average molecular weight is 190 g/mol. The first-order valence-electron chi connectivity index (χ1n) is 4.70. The van der Waals surface area contributed by atoms with Crippen LogP contribution < -0.4 is 10.5 Å². The summed E-state index contributed by atoms with van der Waals surface area (Å²) in [5.74, 6) is 0.757. The van der Waals surface area contributed by atoms with E-state index < -0.39 is 0 Å². The Hall–Kier alpha value is -1.64. The van der Waals surface area contributed by atoms with Crippen molar-refractivity contribution in [3.8, 4) is 5.75 Å². The van der Waals surface area contributed by atoms with Crippen molar-refractivity contribution < 1.29 is 4.74 Å². The van der Waals surface area contributed by atoms with Crippen molar-refractivity contribution in [1.82, 2.24) is 4.98 Å². The molecule has 0 unspecified atom stereocenters. The van der Waals surface area contributed by atoms with Crippen molar-refractivity contribution in [3.05, 3.63) is 24.4 Å². The first kappa shape index (κ1) is 8.94. The van der Waals surface area contributed by atoms with Gasteiger partial charge in [-0.1, -0.05) is 0 Å². The summed E-state index contributed by atoms with van der Waals surface area (Å²) in [6.07, 6.45) is 2.02. The van der Waals surface area contributed by atoms with Gasteiger partial charge in [0.25, 0.3) is 0 Å². The van der Waals surface area contributed by atoms with Gasteiger partial charge >= 0.3 is 0 Å². The van der Waals surface area contributed by atoms with Crippen LogP contribution in [0.15, 0.2) is 24.4 Å². The lowest BCUT2D eigenvalue weighted by Gasteiger charge is -2.12. The summed E-state index contributed by atoms with van der Waals surface area (Å²) >= 11 is 0. The van der Waals surface area contributed by atoms with E-state index in [1.54, 1.807) is 0 Å². The number of hydrogen-bond donors (Lipinski definition) is 2. The highest BCUT2D eigenvalue weighted by atomic mass is 16.5. The molecule has 0 aliphatic heterocycles. The van der Waals surface area contributed by atoms with E-state index in [-0.39, 0.29) is 6.10 Å². The number of H-pyrrole nitrogens is 1. The molecule has 0 spiro atoms. The number of nitrogen functional groups attached to an aromatic ring is 1. The Kier molecular flexibility index (Phi) is 2.08. The predicted molar refractivity (Wildman–Crippen MR) is 58.5 cm³/mol. The summed E-state index contributed by atoms with van der Waals surface area (Å²) < 4.78 is 5.58. The van der Waals surface area contributed by atoms with Crippen molar-refractivity contribution in [3.63, 3.8) is 0 Å². The first-order chi connectivity index (χ1) is 6.68. The van der Waals surface area contributed by atoms with Crippen molar-refractivity contribution >= 4 is 16.6 Å². The third-order valence-electron chi connectivity index (χ3n) is 2.10. The fraction of sp³-hybridized carbons (Fsp3) is 0.273. The summed E-state index contributed by atoms with van der Waals surface area (Å²) in [6, 6.07) is 5.83. The molecule has 0 fully saturated rings. The molecule has 0 aliphatic carbocycles. The zero-order valence-electron chi connectivity index (χ0n) is 8.37. The van der Waals surface area contributed by atoms with Gasteiger partial charge in [-0.25, -0.2) is 0 Å². The molecule has 3 N–H and O–H groups in total. The Labute approximate surface area is 82.9 Å². The minimum absolute atomic E-state index is 0.147. The number of ether oxygens (including phenoxy) is 1. The highest BCUT2D eigenvalue weighted by Gasteiger charge is 2.06. The van der Waals surface area contributed by atoms with Gasteiger partial charge in [0.15, 0.2) is 0 Å². The van der Waals surface area contributed by atoms with Crippen molar-refractivity contribution in [2.24, 2.45) is 0 Å². The molecule has 74 valence electrons. The maximum atomic E-state index is 5.97. The molecule has 14 heavy (non-hydrogen) atoms. The van der Waals surface area contributed by atoms with E-state index in [1.165, 1.54) is 0 Å². The third-order valence-corrected chi connectivity index (χ3v) is 2.10. The molecule has 2 aromatic rings. The molecule has 0 radical (unpaired) electrons. The molecule has 0 bridgehead atoms.